The predicted octanol–water partition coefficient (Wildman–Crippen LogP) is 4.40. The monoisotopic (exact) mass is 320 g/mol. The third kappa shape index (κ3) is 4.43. The first kappa shape index (κ1) is 17.2. The Hall–Kier alpha value is -1.13. The average molecular weight is 321 g/mol. The van der Waals surface area contributed by atoms with E-state index in [1.165, 1.54) is 11.1 Å². The summed E-state index contributed by atoms with van der Waals surface area (Å²) in [5.74, 6) is 0.921. The highest BCUT2D eigenvalue weighted by molar-refractivity contribution is 7.80. The molecule has 0 spiro atoms. The smallest absolute Gasteiger partial charge is 0.170 e. The topological polar surface area (TPSA) is 33.3 Å². The molecule has 0 aliphatic carbocycles. The van der Waals surface area contributed by atoms with Crippen molar-refractivity contribution in [2.24, 2.45) is 0 Å². The molecule has 22 heavy (non-hydrogen) atoms. The summed E-state index contributed by atoms with van der Waals surface area (Å²) in [6.45, 7) is 10.5. The maximum Gasteiger partial charge on any atom is 0.170 e. The number of hydrogen-bond acceptors (Lipinski definition) is 2. The first-order valence-electron chi connectivity index (χ1n) is 8.28. The van der Waals surface area contributed by atoms with Gasteiger partial charge in [-0.05, 0) is 48.0 Å². The Morgan fingerprint density at radius 1 is 1.23 bits per heavy atom. The molecule has 0 amide bonds. The summed E-state index contributed by atoms with van der Waals surface area (Å²) in [6.07, 6.45) is 2.57. The summed E-state index contributed by atoms with van der Waals surface area (Å²) in [7, 11) is 0. The Bertz CT molecular complexity index is 482. The largest absolute Gasteiger partial charge is 0.376 e. The first-order chi connectivity index (χ1) is 10.5. The normalized spacial score (nSPS) is 18.0. The number of ether oxygens (including phenoxy) is 1. The van der Waals surface area contributed by atoms with Gasteiger partial charge in [0, 0.05) is 18.8 Å². The Labute approximate surface area is 139 Å². The molecule has 0 radical (unpaired) electrons. The van der Waals surface area contributed by atoms with Crippen molar-refractivity contribution in [2.75, 3.05) is 18.5 Å². The van der Waals surface area contributed by atoms with Crippen LogP contribution in [0.5, 0.6) is 0 Å². The van der Waals surface area contributed by atoms with Crippen LogP contribution in [-0.2, 0) is 4.74 Å². The number of benzene rings is 1. The molecular formula is C18H28N2OS. The molecule has 1 aliphatic rings. The van der Waals surface area contributed by atoms with Gasteiger partial charge >= 0.3 is 0 Å². The Morgan fingerprint density at radius 2 is 1.86 bits per heavy atom. The number of thiocarbonyl (C=S) groups is 1. The van der Waals surface area contributed by atoms with Gasteiger partial charge in [-0.25, -0.2) is 0 Å². The highest BCUT2D eigenvalue weighted by Crippen LogP contribution is 2.32. The zero-order valence-corrected chi connectivity index (χ0v) is 14.9. The van der Waals surface area contributed by atoms with Crippen molar-refractivity contribution in [3.63, 3.8) is 0 Å². The fourth-order valence-electron chi connectivity index (χ4n) is 2.86. The minimum absolute atomic E-state index is 0.296. The van der Waals surface area contributed by atoms with E-state index >= 15 is 0 Å². The van der Waals surface area contributed by atoms with Crippen molar-refractivity contribution in [1.82, 2.24) is 5.32 Å². The first-order valence-corrected chi connectivity index (χ1v) is 8.69. The summed E-state index contributed by atoms with van der Waals surface area (Å²) in [5.41, 5.74) is 3.79. The van der Waals surface area contributed by atoms with Gasteiger partial charge in [-0.2, -0.15) is 0 Å². The number of anilines is 1. The molecule has 2 N–H and O–H groups in total. The van der Waals surface area contributed by atoms with E-state index in [9.17, 15) is 0 Å². The molecule has 1 aliphatic heterocycles. The fourth-order valence-corrected chi connectivity index (χ4v) is 3.05. The van der Waals surface area contributed by atoms with Crippen molar-refractivity contribution < 1.29 is 4.74 Å². The molecule has 3 nitrogen and oxygen atoms in total. The molecule has 0 bridgehead atoms. The molecule has 1 aromatic carbocycles. The number of para-hydroxylation sites is 1. The van der Waals surface area contributed by atoms with E-state index in [1.54, 1.807) is 0 Å². The molecular weight excluding hydrogens is 292 g/mol. The summed E-state index contributed by atoms with van der Waals surface area (Å²) >= 11 is 5.49. The van der Waals surface area contributed by atoms with Crippen LogP contribution in [0.4, 0.5) is 5.69 Å². The van der Waals surface area contributed by atoms with Crippen LogP contribution in [0.2, 0.25) is 0 Å². The van der Waals surface area contributed by atoms with Crippen LogP contribution >= 0.6 is 12.2 Å². The van der Waals surface area contributed by atoms with Crippen molar-refractivity contribution in [3.05, 3.63) is 29.3 Å². The van der Waals surface area contributed by atoms with Crippen molar-refractivity contribution in [1.29, 1.82) is 0 Å². The van der Waals surface area contributed by atoms with E-state index in [-0.39, 0.29) is 0 Å². The minimum Gasteiger partial charge on any atom is -0.376 e. The molecule has 0 saturated carbocycles. The summed E-state index contributed by atoms with van der Waals surface area (Å²) in [5, 5.41) is 7.42. The maximum absolute atomic E-state index is 5.63. The molecule has 122 valence electrons. The highest BCUT2D eigenvalue weighted by Gasteiger charge is 2.17. The third-order valence-corrected chi connectivity index (χ3v) is 4.37. The SMILES string of the molecule is CC(C)c1cccc(C(C)C)c1NC(=S)NC[C@@H]1CCCO1. The second-order valence-corrected chi connectivity index (χ2v) is 7.00. The molecule has 2 rings (SSSR count). The summed E-state index contributed by atoms with van der Waals surface area (Å²) in [4.78, 5) is 0. The average Bonchev–Trinajstić information content (AvgIpc) is 2.98. The molecule has 4 heteroatoms. The van der Waals surface area contributed by atoms with Crippen LogP contribution < -0.4 is 10.6 Å². The molecule has 1 atom stereocenters. The lowest BCUT2D eigenvalue weighted by Crippen LogP contribution is -2.35. The van der Waals surface area contributed by atoms with E-state index < -0.39 is 0 Å². The highest BCUT2D eigenvalue weighted by atomic mass is 32.1. The molecule has 1 aromatic rings. The van der Waals surface area contributed by atoms with Gasteiger partial charge < -0.3 is 15.4 Å². The number of hydrogen-bond donors (Lipinski definition) is 2. The van der Waals surface area contributed by atoms with Crippen molar-refractivity contribution >= 4 is 23.0 Å². The maximum atomic E-state index is 5.63. The second kappa shape index (κ2) is 7.93. The van der Waals surface area contributed by atoms with Crippen LogP contribution in [0.3, 0.4) is 0 Å². The fraction of sp³-hybridized carbons (Fsp3) is 0.611. The van der Waals surface area contributed by atoms with Gasteiger partial charge in [0.1, 0.15) is 0 Å². The van der Waals surface area contributed by atoms with Crippen LogP contribution in [0.15, 0.2) is 18.2 Å². The number of nitrogens with one attached hydrogen (secondary N) is 2. The lowest BCUT2D eigenvalue weighted by molar-refractivity contribution is 0.114. The second-order valence-electron chi connectivity index (χ2n) is 6.59. The van der Waals surface area contributed by atoms with Gasteiger partial charge in [0.15, 0.2) is 5.11 Å². The van der Waals surface area contributed by atoms with Crippen LogP contribution in [0, 0.1) is 0 Å². The Morgan fingerprint density at radius 3 is 2.36 bits per heavy atom. The lowest BCUT2D eigenvalue weighted by Gasteiger charge is -2.22. The van der Waals surface area contributed by atoms with Gasteiger partial charge in [-0.3, -0.25) is 0 Å². The van der Waals surface area contributed by atoms with Crippen LogP contribution in [0.1, 0.15) is 63.5 Å². The molecule has 0 aromatic heterocycles. The van der Waals surface area contributed by atoms with Gasteiger partial charge in [0.05, 0.1) is 6.10 Å². The number of rotatable bonds is 5. The van der Waals surface area contributed by atoms with E-state index in [2.05, 4.69) is 56.5 Å². The van der Waals surface area contributed by atoms with E-state index in [1.807, 2.05) is 0 Å². The Balaban J connectivity index is 2.07. The molecule has 0 unspecified atom stereocenters. The minimum atomic E-state index is 0.296. The summed E-state index contributed by atoms with van der Waals surface area (Å²) in [6, 6.07) is 6.50. The standard InChI is InChI=1S/C18H28N2OS/c1-12(2)15-8-5-9-16(13(3)4)17(15)20-18(22)19-11-14-7-6-10-21-14/h5,8-9,12-14H,6-7,10-11H2,1-4H3,(H2,19,20,22)/t14-/m0/s1. The van der Waals surface area contributed by atoms with Gasteiger partial charge in [-0.15, -0.1) is 0 Å². The zero-order valence-electron chi connectivity index (χ0n) is 14.1. The molecule has 1 heterocycles. The van der Waals surface area contributed by atoms with E-state index in [4.69, 9.17) is 17.0 Å². The zero-order chi connectivity index (χ0) is 16.1. The van der Waals surface area contributed by atoms with Gasteiger partial charge in [0.25, 0.3) is 0 Å². The van der Waals surface area contributed by atoms with Gasteiger partial charge in [0.2, 0.25) is 0 Å². The van der Waals surface area contributed by atoms with E-state index in [0.717, 1.165) is 31.7 Å². The van der Waals surface area contributed by atoms with Crippen LogP contribution in [-0.4, -0.2) is 24.4 Å². The molecule has 1 saturated heterocycles. The molecule has 1 fully saturated rings. The Kier molecular flexibility index (Phi) is 6.21. The van der Waals surface area contributed by atoms with E-state index in [0.29, 0.717) is 23.1 Å². The predicted molar refractivity (Wildman–Crippen MR) is 97.8 cm³/mol. The lowest BCUT2D eigenvalue weighted by atomic mass is 9.93. The van der Waals surface area contributed by atoms with Crippen molar-refractivity contribution in [3.8, 4) is 0 Å². The third-order valence-electron chi connectivity index (χ3n) is 4.13. The van der Waals surface area contributed by atoms with Crippen molar-refractivity contribution in [2.45, 2.75) is 58.5 Å². The quantitative estimate of drug-likeness (QED) is 0.788. The van der Waals surface area contributed by atoms with Gasteiger partial charge in [-0.1, -0.05) is 45.9 Å². The van der Waals surface area contributed by atoms with Crippen LogP contribution in [0.25, 0.3) is 0 Å². The summed E-state index contributed by atoms with van der Waals surface area (Å²) < 4.78 is 5.63.